The first-order valence-corrected chi connectivity index (χ1v) is 9.88. The topological polar surface area (TPSA) is 97.0 Å². The molecule has 1 atom stereocenters. The molecule has 0 fully saturated rings. The fourth-order valence-electron chi connectivity index (χ4n) is 3.23. The van der Waals surface area contributed by atoms with Crippen LogP contribution in [0.15, 0.2) is 54.7 Å². The summed E-state index contributed by atoms with van der Waals surface area (Å²) in [5.74, 6) is 0.383. The van der Waals surface area contributed by atoms with Crippen molar-refractivity contribution in [3.05, 3.63) is 66.0 Å². The van der Waals surface area contributed by atoms with Crippen LogP contribution in [0.1, 0.15) is 38.1 Å². The summed E-state index contributed by atoms with van der Waals surface area (Å²) >= 11 is 0. The number of methoxy groups -OCH3 is 1. The van der Waals surface area contributed by atoms with Crippen molar-refractivity contribution >= 4 is 17.0 Å². The lowest BCUT2D eigenvalue weighted by molar-refractivity contribution is -0.157. The zero-order chi connectivity index (χ0) is 22.0. The van der Waals surface area contributed by atoms with Gasteiger partial charge in [0.15, 0.2) is 6.73 Å². The van der Waals surface area contributed by atoms with E-state index in [0.29, 0.717) is 11.4 Å². The molecule has 2 aromatic heterocycles. The van der Waals surface area contributed by atoms with Crippen LogP contribution in [0.3, 0.4) is 0 Å². The molecule has 0 amide bonds. The van der Waals surface area contributed by atoms with Crippen molar-refractivity contribution in [1.82, 2.24) is 30.0 Å². The lowest BCUT2D eigenvalue weighted by Gasteiger charge is -2.18. The number of nitrogens with zero attached hydrogens (tertiary/aromatic N) is 6. The number of para-hydroxylation sites is 2. The maximum absolute atomic E-state index is 12.1. The Labute approximate surface area is 179 Å². The van der Waals surface area contributed by atoms with E-state index in [-0.39, 0.29) is 12.7 Å². The maximum atomic E-state index is 12.1. The molecule has 9 nitrogen and oxygen atoms in total. The second-order valence-corrected chi connectivity index (χ2v) is 8.16. The van der Waals surface area contributed by atoms with Crippen molar-refractivity contribution in [1.29, 1.82) is 0 Å². The van der Waals surface area contributed by atoms with Crippen LogP contribution in [-0.4, -0.2) is 43.1 Å². The van der Waals surface area contributed by atoms with Crippen LogP contribution in [0.5, 0.6) is 5.75 Å². The first-order valence-electron chi connectivity index (χ1n) is 9.88. The first-order chi connectivity index (χ1) is 14.9. The molecule has 0 aliphatic heterocycles. The average Bonchev–Trinajstić information content (AvgIpc) is 3.40. The Kier molecular flexibility index (Phi) is 5.41. The highest BCUT2D eigenvalue weighted by atomic mass is 16.5. The average molecular weight is 420 g/mol. The predicted octanol–water partition coefficient (Wildman–Crippen LogP) is 3.22. The summed E-state index contributed by atoms with van der Waals surface area (Å²) in [6.07, 6.45) is 1.74. The highest BCUT2D eigenvalue weighted by Crippen LogP contribution is 2.33. The smallest absolute Gasteiger partial charge is 0.313 e. The monoisotopic (exact) mass is 420 g/mol. The van der Waals surface area contributed by atoms with Gasteiger partial charge in [-0.15, -0.1) is 10.2 Å². The Morgan fingerprint density at radius 1 is 1.03 bits per heavy atom. The van der Waals surface area contributed by atoms with E-state index < -0.39 is 11.5 Å². The Bertz CT molecular complexity index is 1210. The quantitative estimate of drug-likeness (QED) is 0.442. The van der Waals surface area contributed by atoms with Crippen molar-refractivity contribution in [2.75, 3.05) is 7.11 Å². The molecule has 9 heteroatoms. The van der Waals surface area contributed by atoms with Gasteiger partial charge in [0.2, 0.25) is 0 Å². The minimum atomic E-state index is -0.594. The van der Waals surface area contributed by atoms with Crippen LogP contribution in [0.2, 0.25) is 0 Å². The van der Waals surface area contributed by atoms with Gasteiger partial charge < -0.3 is 9.47 Å². The number of carbonyl (C=O) groups is 1. The highest BCUT2D eigenvalue weighted by Gasteiger charge is 2.27. The highest BCUT2D eigenvalue weighted by molar-refractivity contribution is 5.75. The van der Waals surface area contributed by atoms with Crippen molar-refractivity contribution in [2.45, 2.75) is 33.5 Å². The van der Waals surface area contributed by atoms with Crippen molar-refractivity contribution in [2.24, 2.45) is 5.41 Å². The van der Waals surface area contributed by atoms with E-state index in [1.54, 1.807) is 38.8 Å². The molecular formula is C22H24N6O3. The number of hydrogen-bond donors (Lipinski definition) is 0. The normalized spacial score (nSPS) is 12.6. The Morgan fingerprint density at radius 2 is 1.77 bits per heavy atom. The SMILES string of the molecule is COc1ccccc1C(c1cn(COC(=O)C(C)(C)C)nn1)n1nnc2ccccc21. The molecule has 0 aliphatic rings. The maximum Gasteiger partial charge on any atom is 0.313 e. The molecule has 0 aliphatic carbocycles. The van der Waals surface area contributed by atoms with Crippen LogP contribution in [0, 0.1) is 5.41 Å². The minimum absolute atomic E-state index is 0.0279. The predicted molar refractivity (Wildman–Crippen MR) is 113 cm³/mol. The van der Waals surface area contributed by atoms with Crippen molar-refractivity contribution in [3.8, 4) is 5.75 Å². The van der Waals surface area contributed by atoms with Gasteiger partial charge in [-0.05, 0) is 39.0 Å². The third-order valence-corrected chi connectivity index (χ3v) is 4.83. The van der Waals surface area contributed by atoms with Gasteiger partial charge in [-0.25, -0.2) is 9.36 Å². The van der Waals surface area contributed by atoms with Crippen LogP contribution < -0.4 is 4.74 Å². The Morgan fingerprint density at radius 3 is 2.55 bits per heavy atom. The molecule has 0 spiro atoms. The fourth-order valence-corrected chi connectivity index (χ4v) is 3.23. The first kappa shape index (κ1) is 20.5. The molecule has 4 aromatic rings. The molecule has 0 bridgehead atoms. The number of hydrogen-bond acceptors (Lipinski definition) is 7. The molecule has 4 rings (SSSR count). The molecule has 0 saturated carbocycles. The van der Waals surface area contributed by atoms with E-state index in [1.807, 2.05) is 48.5 Å². The summed E-state index contributed by atoms with van der Waals surface area (Å²) in [6, 6.07) is 14.9. The van der Waals surface area contributed by atoms with Gasteiger partial charge in [0.1, 0.15) is 23.0 Å². The summed E-state index contributed by atoms with van der Waals surface area (Å²) in [5, 5.41) is 17.2. The van der Waals surface area contributed by atoms with Gasteiger partial charge in [0.25, 0.3) is 0 Å². The summed E-state index contributed by atoms with van der Waals surface area (Å²) < 4.78 is 14.2. The van der Waals surface area contributed by atoms with Crippen molar-refractivity contribution in [3.63, 3.8) is 0 Å². The van der Waals surface area contributed by atoms with Gasteiger partial charge in [-0.2, -0.15) is 0 Å². The lowest BCUT2D eigenvalue weighted by atomic mass is 9.98. The van der Waals surface area contributed by atoms with E-state index in [1.165, 1.54) is 4.68 Å². The fraction of sp³-hybridized carbons (Fsp3) is 0.318. The summed E-state index contributed by atoms with van der Waals surface area (Å²) in [5.41, 5.74) is 2.51. The van der Waals surface area contributed by atoms with Gasteiger partial charge in [-0.3, -0.25) is 4.79 Å². The van der Waals surface area contributed by atoms with E-state index in [4.69, 9.17) is 9.47 Å². The molecule has 1 unspecified atom stereocenters. The van der Waals surface area contributed by atoms with Crippen LogP contribution >= 0.6 is 0 Å². The van der Waals surface area contributed by atoms with Crippen LogP contribution in [-0.2, 0) is 16.3 Å². The van der Waals surface area contributed by atoms with Gasteiger partial charge in [0, 0.05) is 5.56 Å². The number of benzene rings is 2. The molecule has 0 radical (unpaired) electrons. The summed E-state index contributed by atoms with van der Waals surface area (Å²) in [7, 11) is 1.62. The van der Waals surface area contributed by atoms with E-state index >= 15 is 0 Å². The summed E-state index contributed by atoms with van der Waals surface area (Å²) in [4.78, 5) is 12.1. The molecule has 2 aromatic carbocycles. The number of esters is 1. The lowest BCUT2D eigenvalue weighted by Crippen LogP contribution is -2.24. The van der Waals surface area contributed by atoms with E-state index in [9.17, 15) is 4.79 Å². The van der Waals surface area contributed by atoms with E-state index in [0.717, 1.165) is 16.6 Å². The van der Waals surface area contributed by atoms with Gasteiger partial charge in [-0.1, -0.05) is 40.8 Å². The van der Waals surface area contributed by atoms with Crippen LogP contribution in [0.4, 0.5) is 0 Å². The molecular weight excluding hydrogens is 396 g/mol. The third kappa shape index (κ3) is 4.11. The Hall–Kier alpha value is -3.75. The largest absolute Gasteiger partial charge is 0.496 e. The molecule has 0 saturated heterocycles. The second kappa shape index (κ2) is 8.17. The standard InChI is InChI=1S/C22H24N6O3/c1-22(2,3)21(29)31-14-27-13-17(24-25-27)20(15-9-5-8-12-19(15)30-4)28-18-11-7-6-10-16(18)23-26-28/h5-13,20H,14H2,1-4H3. The number of ether oxygens (including phenoxy) is 2. The number of fused-ring (bicyclic) bond motifs is 1. The van der Waals surface area contributed by atoms with E-state index in [2.05, 4.69) is 20.6 Å². The molecule has 2 heterocycles. The minimum Gasteiger partial charge on any atom is -0.496 e. The van der Waals surface area contributed by atoms with Gasteiger partial charge in [0.05, 0.1) is 24.2 Å². The second-order valence-electron chi connectivity index (χ2n) is 8.16. The zero-order valence-electron chi connectivity index (χ0n) is 17.9. The van der Waals surface area contributed by atoms with Crippen molar-refractivity contribution < 1.29 is 14.3 Å². The van der Waals surface area contributed by atoms with Gasteiger partial charge >= 0.3 is 5.97 Å². The Balaban J connectivity index is 1.74. The summed E-state index contributed by atoms with van der Waals surface area (Å²) in [6.45, 7) is 5.38. The zero-order valence-corrected chi connectivity index (χ0v) is 17.9. The molecule has 160 valence electrons. The molecule has 0 N–H and O–H groups in total. The number of rotatable bonds is 6. The number of aromatic nitrogens is 6. The molecule has 31 heavy (non-hydrogen) atoms. The number of carbonyl (C=O) groups excluding carboxylic acids is 1. The van der Waals surface area contributed by atoms with Crippen LogP contribution in [0.25, 0.3) is 11.0 Å². The third-order valence-electron chi connectivity index (χ3n) is 4.83.